The van der Waals surface area contributed by atoms with E-state index in [1.165, 1.54) is 24.7 Å². The molecular weight excluding hydrogens is 270 g/mol. The summed E-state index contributed by atoms with van der Waals surface area (Å²) in [6.07, 6.45) is 2.52. The Morgan fingerprint density at radius 1 is 1.37 bits per heavy atom. The van der Waals surface area contributed by atoms with Gasteiger partial charge in [0.15, 0.2) is 0 Å². The molecule has 1 unspecified atom stereocenters. The number of nitrogens with one attached hydrogen (secondary N) is 3. The number of aromatic amines is 1. The molecule has 0 aliphatic rings. The molecule has 9 nitrogen and oxygen atoms in total. The zero-order chi connectivity index (χ0) is 13.9. The fraction of sp³-hybridized carbons (Fsp3) is 0.222. The molecule has 5 N–H and O–H groups in total. The fourth-order valence-corrected chi connectivity index (χ4v) is 2.56. The Labute approximate surface area is 109 Å². The number of rotatable bonds is 5. The van der Waals surface area contributed by atoms with E-state index < -0.39 is 16.1 Å². The van der Waals surface area contributed by atoms with E-state index in [1.807, 2.05) is 0 Å². The number of nitrogens with zero attached hydrogens (tertiary/aromatic N) is 3. The smallest absolute Gasteiger partial charge is 0.242 e. The number of hydrazine groups is 1. The van der Waals surface area contributed by atoms with E-state index in [2.05, 4.69) is 30.3 Å². The standard InChI is InChI=1S/C9H13N7O2S/c1-6(9-12-5-13-15-9)16-19(17,18)7-2-3-8(14-10)11-4-7/h2-6,16H,10H2,1H3,(H,11,14)(H,12,13,15). The van der Waals surface area contributed by atoms with Gasteiger partial charge in [-0.25, -0.2) is 29.0 Å². The fourth-order valence-electron chi connectivity index (χ4n) is 1.40. The number of pyridine rings is 1. The van der Waals surface area contributed by atoms with E-state index >= 15 is 0 Å². The summed E-state index contributed by atoms with van der Waals surface area (Å²) in [5.74, 6) is 5.96. The van der Waals surface area contributed by atoms with Gasteiger partial charge in [0.1, 0.15) is 22.9 Å². The minimum absolute atomic E-state index is 0.0397. The molecular formula is C9H13N7O2S. The largest absolute Gasteiger partial charge is 0.308 e. The number of sulfonamides is 1. The molecule has 0 saturated heterocycles. The van der Waals surface area contributed by atoms with E-state index in [1.54, 1.807) is 6.92 Å². The Kier molecular flexibility index (Phi) is 3.74. The van der Waals surface area contributed by atoms with Crippen molar-refractivity contribution >= 4 is 15.8 Å². The van der Waals surface area contributed by atoms with Gasteiger partial charge in [-0.2, -0.15) is 5.10 Å². The molecule has 2 aromatic rings. The minimum atomic E-state index is -3.68. The topological polar surface area (TPSA) is 139 Å². The SMILES string of the molecule is CC(NS(=O)(=O)c1ccc(NN)nc1)c1ncn[nH]1. The third-order valence-corrected chi connectivity index (χ3v) is 3.90. The van der Waals surface area contributed by atoms with Crippen LogP contribution in [0.5, 0.6) is 0 Å². The first kappa shape index (κ1) is 13.4. The predicted molar refractivity (Wildman–Crippen MR) is 67.2 cm³/mol. The molecule has 0 bridgehead atoms. The highest BCUT2D eigenvalue weighted by atomic mass is 32.2. The molecule has 19 heavy (non-hydrogen) atoms. The molecule has 2 aromatic heterocycles. The maximum atomic E-state index is 12.1. The van der Waals surface area contributed by atoms with Crippen molar-refractivity contribution in [2.45, 2.75) is 17.9 Å². The van der Waals surface area contributed by atoms with Crippen molar-refractivity contribution in [1.82, 2.24) is 24.9 Å². The van der Waals surface area contributed by atoms with Crippen LogP contribution >= 0.6 is 0 Å². The molecule has 0 saturated carbocycles. The highest BCUT2D eigenvalue weighted by molar-refractivity contribution is 7.89. The summed E-state index contributed by atoms with van der Waals surface area (Å²) in [6, 6.07) is 2.34. The first-order valence-corrected chi connectivity index (χ1v) is 6.81. The lowest BCUT2D eigenvalue weighted by molar-refractivity contribution is 0.560. The van der Waals surface area contributed by atoms with Crippen molar-refractivity contribution in [3.8, 4) is 0 Å². The van der Waals surface area contributed by atoms with Crippen molar-refractivity contribution < 1.29 is 8.42 Å². The number of nitrogens with two attached hydrogens (primary N) is 1. The van der Waals surface area contributed by atoms with Crippen molar-refractivity contribution in [2.24, 2.45) is 5.84 Å². The number of hydrogen-bond acceptors (Lipinski definition) is 7. The van der Waals surface area contributed by atoms with E-state index in [-0.39, 0.29) is 4.90 Å². The van der Waals surface area contributed by atoms with Crippen LogP contribution in [0.4, 0.5) is 5.82 Å². The summed E-state index contributed by atoms with van der Waals surface area (Å²) in [7, 11) is -3.68. The molecule has 0 amide bonds. The van der Waals surface area contributed by atoms with Gasteiger partial charge in [-0.1, -0.05) is 0 Å². The maximum absolute atomic E-state index is 12.1. The summed E-state index contributed by atoms with van der Waals surface area (Å²) >= 11 is 0. The molecule has 0 aliphatic heterocycles. The van der Waals surface area contributed by atoms with Crippen LogP contribution in [-0.4, -0.2) is 28.6 Å². The van der Waals surface area contributed by atoms with Crippen LogP contribution in [0.2, 0.25) is 0 Å². The molecule has 0 aromatic carbocycles. The zero-order valence-electron chi connectivity index (χ0n) is 10.0. The van der Waals surface area contributed by atoms with Crippen molar-refractivity contribution in [3.63, 3.8) is 0 Å². The first-order valence-electron chi connectivity index (χ1n) is 5.33. The predicted octanol–water partition coefficient (Wildman–Crippen LogP) is -0.475. The Hall–Kier alpha value is -2.04. The number of hydrogen-bond donors (Lipinski definition) is 4. The Morgan fingerprint density at radius 2 is 2.16 bits per heavy atom. The zero-order valence-corrected chi connectivity index (χ0v) is 10.8. The van der Waals surface area contributed by atoms with Crippen molar-refractivity contribution in [1.29, 1.82) is 0 Å². The number of anilines is 1. The average Bonchev–Trinajstić information content (AvgIpc) is 2.92. The third-order valence-electron chi connectivity index (χ3n) is 2.37. The van der Waals surface area contributed by atoms with Gasteiger partial charge in [0.05, 0.1) is 6.04 Å². The van der Waals surface area contributed by atoms with Crippen LogP contribution in [0.25, 0.3) is 0 Å². The first-order chi connectivity index (χ1) is 9.03. The molecule has 0 fully saturated rings. The summed E-state index contributed by atoms with van der Waals surface area (Å²) in [5, 5.41) is 6.26. The van der Waals surface area contributed by atoms with Crippen LogP contribution < -0.4 is 16.0 Å². The van der Waals surface area contributed by atoms with E-state index in [0.717, 1.165) is 0 Å². The lowest BCUT2D eigenvalue weighted by Crippen LogP contribution is -2.27. The van der Waals surface area contributed by atoms with Crippen LogP contribution in [0.3, 0.4) is 0 Å². The second-order valence-corrected chi connectivity index (χ2v) is 5.45. The molecule has 0 aliphatic carbocycles. The van der Waals surface area contributed by atoms with Gasteiger partial charge >= 0.3 is 0 Å². The Balaban J connectivity index is 2.17. The highest BCUT2D eigenvalue weighted by Gasteiger charge is 2.20. The molecule has 10 heteroatoms. The normalized spacial score (nSPS) is 13.2. The van der Waals surface area contributed by atoms with Gasteiger partial charge in [0.2, 0.25) is 10.0 Å². The Morgan fingerprint density at radius 3 is 2.68 bits per heavy atom. The van der Waals surface area contributed by atoms with E-state index in [4.69, 9.17) is 5.84 Å². The second-order valence-electron chi connectivity index (χ2n) is 3.74. The number of H-pyrrole nitrogens is 1. The van der Waals surface area contributed by atoms with Crippen LogP contribution in [0.1, 0.15) is 18.8 Å². The monoisotopic (exact) mass is 283 g/mol. The molecule has 2 heterocycles. The van der Waals surface area contributed by atoms with Gasteiger partial charge in [0.25, 0.3) is 0 Å². The average molecular weight is 283 g/mol. The lowest BCUT2D eigenvalue weighted by atomic mass is 10.3. The van der Waals surface area contributed by atoms with Crippen LogP contribution in [0.15, 0.2) is 29.6 Å². The number of nitrogen functional groups attached to an aromatic ring is 1. The summed E-state index contributed by atoms with van der Waals surface area (Å²) in [4.78, 5) is 7.77. The molecule has 102 valence electrons. The highest BCUT2D eigenvalue weighted by Crippen LogP contribution is 2.14. The van der Waals surface area contributed by atoms with E-state index in [0.29, 0.717) is 11.6 Å². The minimum Gasteiger partial charge on any atom is -0.308 e. The van der Waals surface area contributed by atoms with Gasteiger partial charge in [-0.15, -0.1) is 0 Å². The molecule has 1 atom stereocenters. The lowest BCUT2D eigenvalue weighted by Gasteiger charge is -2.11. The van der Waals surface area contributed by atoms with Crippen LogP contribution in [0, 0.1) is 0 Å². The number of aromatic nitrogens is 4. The van der Waals surface area contributed by atoms with Gasteiger partial charge in [-0.05, 0) is 19.1 Å². The second kappa shape index (κ2) is 5.30. The quantitative estimate of drug-likeness (QED) is 0.429. The van der Waals surface area contributed by atoms with Crippen LogP contribution in [-0.2, 0) is 10.0 Å². The van der Waals surface area contributed by atoms with E-state index in [9.17, 15) is 8.42 Å². The molecule has 0 spiro atoms. The van der Waals surface area contributed by atoms with Gasteiger partial charge < -0.3 is 5.43 Å². The van der Waals surface area contributed by atoms with Gasteiger partial charge in [0, 0.05) is 6.20 Å². The van der Waals surface area contributed by atoms with Gasteiger partial charge in [-0.3, -0.25) is 5.10 Å². The Bertz CT molecular complexity index is 623. The van der Waals surface area contributed by atoms with Crippen molar-refractivity contribution in [3.05, 3.63) is 30.5 Å². The van der Waals surface area contributed by atoms with Crippen molar-refractivity contribution in [2.75, 3.05) is 5.43 Å². The molecule has 2 rings (SSSR count). The summed E-state index contributed by atoms with van der Waals surface area (Å²) < 4.78 is 26.6. The third kappa shape index (κ3) is 3.05. The summed E-state index contributed by atoms with van der Waals surface area (Å²) in [6.45, 7) is 1.65. The maximum Gasteiger partial charge on any atom is 0.242 e. The molecule has 0 radical (unpaired) electrons. The summed E-state index contributed by atoms with van der Waals surface area (Å²) in [5.41, 5.74) is 2.32.